The predicted molar refractivity (Wildman–Crippen MR) is 104 cm³/mol. The normalized spacial score (nSPS) is 31.9. The molecule has 2 aromatic heterocycles. The summed E-state index contributed by atoms with van der Waals surface area (Å²) in [7, 11) is 0. The first-order chi connectivity index (χ1) is 11.3. The van der Waals surface area contributed by atoms with Crippen molar-refractivity contribution in [2.75, 3.05) is 19.6 Å². The van der Waals surface area contributed by atoms with Crippen molar-refractivity contribution >= 4 is 42.1 Å². The largest absolute Gasteiger partial charge is 0.347 e. The molecule has 0 radical (unpaired) electrons. The number of aromatic nitrogens is 2. The minimum absolute atomic E-state index is 0. The Morgan fingerprint density at radius 3 is 2.64 bits per heavy atom. The number of piperidine rings is 3. The molecule has 8 heteroatoms. The molecule has 4 bridgehead atoms. The standard InChI is InChI=1S/C17H20N4OS.2ClH/c22-17(14-6-13(19-20-14)15-2-1-3-23-15)18-16-11-4-10-5-12(16)9-21(7-10)8-11;;/h1-3,6,10-12,16H,4-5,7-9H2,(H,18,22)(H,19,20);2*1H. The first-order valence-corrected chi connectivity index (χ1v) is 9.27. The molecule has 5 heterocycles. The average Bonchev–Trinajstić information content (AvgIpc) is 3.20. The van der Waals surface area contributed by atoms with E-state index < -0.39 is 0 Å². The molecule has 2 unspecified atom stereocenters. The molecule has 0 aromatic carbocycles. The van der Waals surface area contributed by atoms with Crippen LogP contribution in [0, 0.1) is 17.8 Å². The molecule has 2 aromatic rings. The second-order valence-electron chi connectivity index (χ2n) is 7.22. The van der Waals surface area contributed by atoms with E-state index in [0.717, 1.165) is 29.6 Å². The number of thiophene rings is 1. The number of aromatic amines is 1. The van der Waals surface area contributed by atoms with Crippen molar-refractivity contribution < 1.29 is 4.79 Å². The highest BCUT2D eigenvalue weighted by Gasteiger charge is 2.47. The number of carbonyl (C=O) groups excluding carboxylic acids is 1. The van der Waals surface area contributed by atoms with Crippen LogP contribution in [0.4, 0.5) is 0 Å². The fourth-order valence-corrected chi connectivity index (χ4v) is 5.56. The van der Waals surface area contributed by atoms with Gasteiger partial charge in [-0.1, -0.05) is 6.07 Å². The first-order valence-electron chi connectivity index (χ1n) is 8.39. The number of nitrogens with zero attached hydrogens (tertiary/aromatic N) is 2. The Kier molecular flexibility index (Phi) is 5.44. The Hall–Kier alpha value is -1.08. The summed E-state index contributed by atoms with van der Waals surface area (Å²) in [6, 6.07) is 6.23. The maximum atomic E-state index is 12.6. The number of amides is 1. The topological polar surface area (TPSA) is 61.0 Å². The molecule has 3 aliphatic heterocycles. The highest BCUT2D eigenvalue weighted by atomic mass is 35.5. The maximum Gasteiger partial charge on any atom is 0.272 e. The molecule has 0 spiro atoms. The van der Waals surface area contributed by atoms with Crippen LogP contribution >= 0.6 is 36.2 Å². The van der Waals surface area contributed by atoms with Gasteiger partial charge < -0.3 is 10.2 Å². The molecule has 2 atom stereocenters. The molecule has 5 nitrogen and oxygen atoms in total. The summed E-state index contributed by atoms with van der Waals surface area (Å²) >= 11 is 1.65. The summed E-state index contributed by atoms with van der Waals surface area (Å²) in [6.07, 6.45) is 2.55. The second-order valence-corrected chi connectivity index (χ2v) is 8.17. The fourth-order valence-electron chi connectivity index (χ4n) is 4.87. The van der Waals surface area contributed by atoms with Gasteiger partial charge in [0.1, 0.15) is 0 Å². The van der Waals surface area contributed by atoms with Crippen LogP contribution in [0.15, 0.2) is 23.6 Å². The lowest BCUT2D eigenvalue weighted by Crippen LogP contribution is -2.64. The van der Waals surface area contributed by atoms with Crippen molar-refractivity contribution in [1.29, 1.82) is 0 Å². The predicted octanol–water partition coefficient (Wildman–Crippen LogP) is 3.05. The van der Waals surface area contributed by atoms with E-state index >= 15 is 0 Å². The molecule has 2 N–H and O–H groups in total. The quantitative estimate of drug-likeness (QED) is 0.831. The summed E-state index contributed by atoms with van der Waals surface area (Å²) in [4.78, 5) is 16.3. The molecule has 25 heavy (non-hydrogen) atoms. The van der Waals surface area contributed by atoms with Gasteiger partial charge in [0.15, 0.2) is 5.69 Å². The van der Waals surface area contributed by atoms with Crippen LogP contribution in [0.5, 0.6) is 0 Å². The van der Waals surface area contributed by atoms with Crippen LogP contribution < -0.4 is 5.32 Å². The van der Waals surface area contributed by atoms with E-state index in [4.69, 9.17) is 0 Å². The first kappa shape index (κ1) is 18.7. The van der Waals surface area contributed by atoms with Crippen LogP contribution in [0.2, 0.25) is 0 Å². The summed E-state index contributed by atoms with van der Waals surface area (Å²) in [6.45, 7) is 3.58. The third-order valence-electron chi connectivity index (χ3n) is 5.68. The molecule has 3 saturated heterocycles. The molecule has 136 valence electrons. The van der Waals surface area contributed by atoms with Crippen LogP contribution in [0.3, 0.4) is 0 Å². The van der Waals surface area contributed by atoms with E-state index in [0.29, 0.717) is 23.6 Å². The van der Waals surface area contributed by atoms with Gasteiger partial charge in [-0.2, -0.15) is 5.10 Å². The zero-order valence-corrected chi connectivity index (χ0v) is 16.1. The van der Waals surface area contributed by atoms with E-state index in [1.807, 2.05) is 23.6 Å². The smallest absolute Gasteiger partial charge is 0.272 e. The van der Waals surface area contributed by atoms with Crippen LogP contribution in [0.1, 0.15) is 23.3 Å². The highest BCUT2D eigenvalue weighted by molar-refractivity contribution is 7.13. The zero-order valence-electron chi connectivity index (χ0n) is 13.7. The second kappa shape index (κ2) is 7.27. The lowest BCUT2D eigenvalue weighted by atomic mass is 9.65. The minimum atomic E-state index is -0.0310. The van der Waals surface area contributed by atoms with Gasteiger partial charge in [-0.05, 0) is 48.1 Å². The SMILES string of the molecule is Cl.Cl.O=C(NC1C2CC3CC1CN(C3)C2)c1cc(-c2cccs2)[nH]n1. The molecule has 6 rings (SSSR count). The van der Waals surface area contributed by atoms with Gasteiger partial charge in [0.05, 0.1) is 10.6 Å². The zero-order chi connectivity index (χ0) is 15.4. The summed E-state index contributed by atoms with van der Waals surface area (Å²) in [5.74, 6) is 2.08. The van der Waals surface area contributed by atoms with Crippen molar-refractivity contribution in [2.24, 2.45) is 17.8 Å². The van der Waals surface area contributed by atoms with Crippen LogP contribution in [0.25, 0.3) is 10.6 Å². The number of H-pyrrole nitrogens is 1. The Labute approximate surface area is 163 Å². The number of hydrogen-bond donors (Lipinski definition) is 2. The Morgan fingerprint density at radius 1 is 1.24 bits per heavy atom. The highest BCUT2D eigenvalue weighted by Crippen LogP contribution is 2.43. The lowest BCUT2D eigenvalue weighted by Gasteiger charge is -2.55. The summed E-state index contributed by atoms with van der Waals surface area (Å²) in [5, 5.41) is 12.5. The Bertz CT molecular complexity index is 705. The van der Waals surface area contributed by atoms with Gasteiger partial charge in [0, 0.05) is 25.7 Å². The van der Waals surface area contributed by atoms with E-state index in [1.165, 1.54) is 19.4 Å². The van der Waals surface area contributed by atoms with E-state index in [-0.39, 0.29) is 30.7 Å². The van der Waals surface area contributed by atoms with Crippen LogP contribution in [-0.2, 0) is 0 Å². The number of carbonyl (C=O) groups is 1. The van der Waals surface area contributed by atoms with E-state index in [1.54, 1.807) is 11.3 Å². The van der Waals surface area contributed by atoms with E-state index in [2.05, 4.69) is 20.4 Å². The molecular formula is C17H22Cl2N4OS. The van der Waals surface area contributed by atoms with Crippen molar-refractivity contribution in [3.05, 3.63) is 29.3 Å². The molecule has 1 saturated carbocycles. The Morgan fingerprint density at radius 2 is 2.00 bits per heavy atom. The van der Waals surface area contributed by atoms with E-state index in [9.17, 15) is 4.79 Å². The van der Waals surface area contributed by atoms with Crippen molar-refractivity contribution in [3.8, 4) is 10.6 Å². The number of rotatable bonds is 3. The van der Waals surface area contributed by atoms with Gasteiger partial charge in [-0.15, -0.1) is 36.2 Å². The third kappa shape index (κ3) is 3.33. The van der Waals surface area contributed by atoms with Gasteiger partial charge >= 0.3 is 0 Å². The van der Waals surface area contributed by atoms with Gasteiger partial charge in [-0.25, -0.2) is 0 Å². The summed E-state index contributed by atoms with van der Waals surface area (Å²) < 4.78 is 0. The number of nitrogens with one attached hydrogen (secondary N) is 2. The molecule has 1 aliphatic carbocycles. The fraction of sp³-hybridized carbons (Fsp3) is 0.529. The summed E-state index contributed by atoms with van der Waals surface area (Å²) in [5.41, 5.74) is 1.42. The van der Waals surface area contributed by atoms with Gasteiger partial charge in [0.2, 0.25) is 0 Å². The number of halogens is 2. The average molecular weight is 401 g/mol. The maximum absolute atomic E-state index is 12.6. The molecule has 4 fully saturated rings. The molecule has 4 aliphatic rings. The molecular weight excluding hydrogens is 379 g/mol. The lowest BCUT2D eigenvalue weighted by molar-refractivity contribution is -0.0419. The Balaban J connectivity index is 0.000000911. The van der Waals surface area contributed by atoms with Crippen molar-refractivity contribution in [1.82, 2.24) is 20.4 Å². The van der Waals surface area contributed by atoms with Crippen molar-refractivity contribution in [3.63, 3.8) is 0 Å². The monoisotopic (exact) mass is 400 g/mol. The van der Waals surface area contributed by atoms with Crippen LogP contribution in [-0.4, -0.2) is 46.7 Å². The molecule has 1 amide bonds. The van der Waals surface area contributed by atoms with Gasteiger partial charge in [-0.3, -0.25) is 9.89 Å². The van der Waals surface area contributed by atoms with Crippen molar-refractivity contribution in [2.45, 2.75) is 18.9 Å². The minimum Gasteiger partial charge on any atom is -0.347 e. The third-order valence-corrected chi connectivity index (χ3v) is 6.59. The van der Waals surface area contributed by atoms with Gasteiger partial charge in [0.25, 0.3) is 5.91 Å². The number of hydrogen-bond acceptors (Lipinski definition) is 4.